The van der Waals surface area contributed by atoms with Gasteiger partial charge in [0.25, 0.3) is 5.22 Å². The smallest absolute Gasteiger partial charge is 0.314 e. The Morgan fingerprint density at radius 2 is 2.28 bits per heavy atom. The third-order valence-electron chi connectivity index (χ3n) is 1.88. The van der Waals surface area contributed by atoms with Crippen molar-refractivity contribution in [2.75, 3.05) is 5.75 Å². The molecule has 1 heterocycles. The van der Waals surface area contributed by atoms with E-state index in [0.29, 0.717) is 10.0 Å². The SMILES string of the molecule is O=C(O)CSc1nnc(-c2cc(F)ccc2Br)o1. The largest absolute Gasteiger partial charge is 0.481 e. The number of nitrogens with zero attached hydrogens (tertiary/aromatic N) is 2. The van der Waals surface area contributed by atoms with E-state index in [9.17, 15) is 9.18 Å². The molecule has 0 saturated carbocycles. The van der Waals surface area contributed by atoms with Crippen molar-refractivity contribution in [3.8, 4) is 11.5 Å². The summed E-state index contributed by atoms with van der Waals surface area (Å²) in [5, 5.41) is 16.1. The highest BCUT2D eigenvalue weighted by Gasteiger charge is 2.13. The zero-order valence-corrected chi connectivity index (χ0v) is 11.2. The molecule has 0 radical (unpaired) electrons. The van der Waals surface area contributed by atoms with Crippen molar-refractivity contribution in [2.24, 2.45) is 0 Å². The van der Waals surface area contributed by atoms with Crippen LogP contribution in [0.4, 0.5) is 4.39 Å². The van der Waals surface area contributed by atoms with Crippen LogP contribution in [-0.4, -0.2) is 27.0 Å². The minimum atomic E-state index is -0.980. The predicted octanol–water partition coefficient (Wildman–Crippen LogP) is 2.81. The summed E-state index contributed by atoms with van der Waals surface area (Å²) in [6.07, 6.45) is 0. The second-order valence-electron chi connectivity index (χ2n) is 3.18. The minimum Gasteiger partial charge on any atom is -0.481 e. The molecule has 18 heavy (non-hydrogen) atoms. The highest BCUT2D eigenvalue weighted by molar-refractivity contribution is 9.10. The number of halogens is 2. The van der Waals surface area contributed by atoms with E-state index < -0.39 is 11.8 Å². The van der Waals surface area contributed by atoms with E-state index in [1.165, 1.54) is 18.2 Å². The summed E-state index contributed by atoms with van der Waals surface area (Å²) in [5.41, 5.74) is 0.421. The molecule has 5 nitrogen and oxygen atoms in total. The Labute approximate surface area is 114 Å². The van der Waals surface area contributed by atoms with Crippen LogP contribution in [0.2, 0.25) is 0 Å². The van der Waals surface area contributed by atoms with Crippen LogP contribution in [0.15, 0.2) is 32.3 Å². The number of aromatic nitrogens is 2. The van der Waals surface area contributed by atoms with Gasteiger partial charge in [0.15, 0.2) is 0 Å². The molecule has 0 atom stereocenters. The van der Waals surface area contributed by atoms with Gasteiger partial charge < -0.3 is 9.52 Å². The van der Waals surface area contributed by atoms with Crippen LogP contribution < -0.4 is 0 Å². The Balaban J connectivity index is 2.23. The van der Waals surface area contributed by atoms with E-state index in [0.717, 1.165) is 11.8 Å². The molecular weight excluding hydrogens is 327 g/mol. The molecule has 0 unspecified atom stereocenters. The molecule has 0 fully saturated rings. The zero-order valence-electron chi connectivity index (χ0n) is 8.76. The molecule has 2 rings (SSSR count). The van der Waals surface area contributed by atoms with Gasteiger partial charge in [-0.1, -0.05) is 11.8 Å². The van der Waals surface area contributed by atoms with E-state index >= 15 is 0 Å². The van der Waals surface area contributed by atoms with Gasteiger partial charge in [-0.3, -0.25) is 4.79 Å². The Morgan fingerprint density at radius 1 is 1.50 bits per heavy atom. The Hall–Kier alpha value is -1.41. The number of carbonyl (C=O) groups is 1. The van der Waals surface area contributed by atoms with Gasteiger partial charge >= 0.3 is 5.97 Å². The summed E-state index contributed by atoms with van der Waals surface area (Å²) in [6, 6.07) is 4.08. The van der Waals surface area contributed by atoms with E-state index in [1.54, 1.807) is 0 Å². The van der Waals surface area contributed by atoms with Crippen LogP contribution in [0.3, 0.4) is 0 Å². The Bertz CT molecular complexity index is 590. The molecule has 0 aliphatic carbocycles. The van der Waals surface area contributed by atoms with Gasteiger partial charge in [0, 0.05) is 4.47 Å². The molecule has 8 heteroatoms. The number of benzene rings is 1. The fourth-order valence-electron chi connectivity index (χ4n) is 1.16. The normalized spacial score (nSPS) is 10.6. The number of carboxylic acids is 1. The Kier molecular flexibility index (Phi) is 3.97. The summed E-state index contributed by atoms with van der Waals surface area (Å²) in [4.78, 5) is 10.4. The molecule has 1 N–H and O–H groups in total. The van der Waals surface area contributed by atoms with Crippen LogP contribution in [0.25, 0.3) is 11.5 Å². The second-order valence-corrected chi connectivity index (χ2v) is 4.96. The van der Waals surface area contributed by atoms with Crippen molar-refractivity contribution in [3.63, 3.8) is 0 Å². The first-order valence-electron chi connectivity index (χ1n) is 4.70. The number of hydrogen-bond donors (Lipinski definition) is 1. The maximum Gasteiger partial charge on any atom is 0.314 e. The quantitative estimate of drug-likeness (QED) is 0.867. The molecule has 0 saturated heterocycles. The highest BCUT2D eigenvalue weighted by Crippen LogP contribution is 2.29. The first kappa shape index (κ1) is 13.0. The van der Waals surface area contributed by atoms with Crippen LogP contribution >= 0.6 is 27.7 Å². The first-order valence-corrected chi connectivity index (χ1v) is 6.47. The summed E-state index contributed by atoms with van der Waals surface area (Å²) >= 11 is 4.15. The van der Waals surface area contributed by atoms with E-state index in [2.05, 4.69) is 26.1 Å². The molecule has 94 valence electrons. The van der Waals surface area contributed by atoms with Gasteiger partial charge in [-0.15, -0.1) is 10.2 Å². The summed E-state index contributed by atoms with van der Waals surface area (Å²) in [6.45, 7) is 0. The molecule has 1 aromatic heterocycles. The lowest BCUT2D eigenvalue weighted by atomic mass is 10.2. The molecule has 0 bridgehead atoms. The first-order chi connectivity index (χ1) is 8.56. The van der Waals surface area contributed by atoms with E-state index in [1.807, 2.05) is 0 Å². The zero-order chi connectivity index (χ0) is 13.1. The van der Waals surface area contributed by atoms with Gasteiger partial charge in [-0.05, 0) is 34.1 Å². The van der Waals surface area contributed by atoms with Crippen LogP contribution in [0, 0.1) is 5.82 Å². The van der Waals surface area contributed by atoms with E-state index in [4.69, 9.17) is 9.52 Å². The number of aliphatic carboxylic acids is 1. The number of carboxylic acid groups (broad SMARTS) is 1. The molecule has 2 aromatic rings. The van der Waals surface area contributed by atoms with Gasteiger partial charge in [0.05, 0.1) is 5.56 Å². The van der Waals surface area contributed by atoms with Gasteiger partial charge in [-0.2, -0.15) is 0 Å². The lowest BCUT2D eigenvalue weighted by molar-refractivity contribution is -0.133. The van der Waals surface area contributed by atoms with Gasteiger partial charge in [0.1, 0.15) is 11.6 Å². The average molecular weight is 333 g/mol. The standard InChI is InChI=1S/C10H6BrFN2O3S/c11-7-2-1-5(12)3-6(7)9-13-14-10(17-9)18-4-8(15)16/h1-3H,4H2,(H,15,16). The minimum absolute atomic E-state index is 0.128. The van der Waals surface area contributed by atoms with E-state index in [-0.39, 0.29) is 16.9 Å². The topological polar surface area (TPSA) is 76.2 Å². The molecule has 0 aliphatic rings. The summed E-state index contributed by atoms with van der Waals surface area (Å²) in [7, 11) is 0. The van der Waals surface area contributed by atoms with Crippen molar-refractivity contribution in [1.29, 1.82) is 0 Å². The fraction of sp³-hybridized carbons (Fsp3) is 0.100. The fourth-order valence-corrected chi connectivity index (χ4v) is 2.06. The third-order valence-corrected chi connectivity index (χ3v) is 3.38. The van der Waals surface area contributed by atoms with Crippen molar-refractivity contribution in [3.05, 3.63) is 28.5 Å². The molecule has 0 aliphatic heterocycles. The third kappa shape index (κ3) is 3.08. The maximum absolute atomic E-state index is 13.1. The monoisotopic (exact) mass is 332 g/mol. The Morgan fingerprint density at radius 3 is 3.00 bits per heavy atom. The molecule has 0 spiro atoms. The highest BCUT2D eigenvalue weighted by atomic mass is 79.9. The van der Waals surface area contributed by atoms with Crippen molar-refractivity contribution < 1.29 is 18.7 Å². The van der Waals surface area contributed by atoms with Crippen LogP contribution in [0.5, 0.6) is 0 Å². The molecule has 0 amide bonds. The maximum atomic E-state index is 13.1. The number of thioether (sulfide) groups is 1. The van der Waals surface area contributed by atoms with Crippen molar-refractivity contribution in [1.82, 2.24) is 10.2 Å². The second kappa shape index (κ2) is 5.49. The number of rotatable bonds is 4. The average Bonchev–Trinajstić information content (AvgIpc) is 2.78. The lowest BCUT2D eigenvalue weighted by Gasteiger charge is -1.98. The number of hydrogen-bond acceptors (Lipinski definition) is 5. The van der Waals surface area contributed by atoms with Crippen LogP contribution in [0.1, 0.15) is 0 Å². The van der Waals surface area contributed by atoms with Crippen molar-refractivity contribution in [2.45, 2.75) is 5.22 Å². The molecule has 1 aromatic carbocycles. The van der Waals surface area contributed by atoms with Gasteiger partial charge in [0.2, 0.25) is 5.89 Å². The predicted molar refractivity (Wildman–Crippen MR) is 65.8 cm³/mol. The summed E-state index contributed by atoms with van der Waals surface area (Å²) < 4.78 is 18.9. The van der Waals surface area contributed by atoms with Gasteiger partial charge in [-0.25, -0.2) is 4.39 Å². The van der Waals surface area contributed by atoms with Crippen molar-refractivity contribution >= 4 is 33.7 Å². The summed E-state index contributed by atoms with van der Waals surface area (Å²) in [5.74, 6) is -1.45. The molecular formula is C10H6BrFN2O3S. The van der Waals surface area contributed by atoms with Crippen LogP contribution in [-0.2, 0) is 4.79 Å². The lowest BCUT2D eigenvalue weighted by Crippen LogP contribution is -1.97.